The fraction of sp³-hybridized carbons (Fsp3) is 0.333. The maximum Gasteiger partial charge on any atom is 0.389 e. The fourth-order valence-corrected chi connectivity index (χ4v) is 4.69. The van der Waals surface area contributed by atoms with Gasteiger partial charge in [0, 0.05) is 18.0 Å². The van der Waals surface area contributed by atoms with E-state index in [-0.39, 0.29) is 35.8 Å². The molecule has 178 valence electrons. The van der Waals surface area contributed by atoms with Crippen molar-refractivity contribution in [3.05, 3.63) is 58.4 Å². The smallest absolute Gasteiger partial charge is 0.352 e. The van der Waals surface area contributed by atoms with Crippen LogP contribution in [0.4, 0.5) is 23.2 Å². The topological polar surface area (TPSA) is 92.5 Å². The van der Waals surface area contributed by atoms with Crippen LogP contribution in [0.1, 0.15) is 28.8 Å². The predicted molar refractivity (Wildman–Crippen MR) is 116 cm³/mol. The summed E-state index contributed by atoms with van der Waals surface area (Å²) in [5, 5.41) is 2.72. The van der Waals surface area contributed by atoms with Gasteiger partial charge in [0.05, 0.1) is 45.3 Å². The minimum absolute atomic E-state index is 0.00335. The number of hydrogen-bond donors (Lipinski definition) is 2. The predicted octanol–water partition coefficient (Wildman–Crippen LogP) is 3.53. The first-order valence-corrected chi connectivity index (χ1v) is 11.5. The van der Waals surface area contributed by atoms with Crippen molar-refractivity contribution >= 4 is 39.9 Å². The van der Waals surface area contributed by atoms with Gasteiger partial charge in [0.2, 0.25) is 5.91 Å². The summed E-state index contributed by atoms with van der Waals surface area (Å²) >= 11 is 5.89. The van der Waals surface area contributed by atoms with E-state index in [1.54, 1.807) is 24.3 Å². The van der Waals surface area contributed by atoms with E-state index >= 15 is 0 Å². The molecular weight excluding hydrogens is 486 g/mol. The van der Waals surface area contributed by atoms with Gasteiger partial charge in [-0.25, -0.2) is 4.39 Å². The van der Waals surface area contributed by atoms with Crippen molar-refractivity contribution in [2.75, 3.05) is 17.2 Å². The number of nitrogens with zero attached hydrogens (tertiary/aromatic N) is 1. The SMILES string of the molecule is N[C@H]1CS(=O)c2cc(F)c(C(=O)NCCCC(F)(F)F)cc2N(Cc2ccc(Cl)cc2)C1=O. The van der Waals surface area contributed by atoms with E-state index in [2.05, 4.69) is 5.32 Å². The number of fused-ring (bicyclic) bond motifs is 1. The molecule has 0 aromatic heterocycles. The maximum absolute atomic E-state index is 14.7. The molecule has 0 fully saturated rings. The Morgan fingerprint density at radius 1 is 1.24 bits per heavy atom. The second-order valence-corrected chi connectivity index (χ2v) is 9.34. The summed E-state index contributed by atoms with van der Waals surface area (Å²) in [5.41, 5.74) is 6.11. The number of rotatable bonds is 6. The number of benzene rings is 2. The van der Waals surface area contributed by atoms with Crippen molar-refractivity contribution in [2.24, 2.45) is 5.73 Å². The van der Waals surface area contributed by atoms with E-state index in [4.69, 9.17) is 17.3 Å². The van der Waals surface area contributed by atoms with Crippen LogP contribution in [0.2, 0.25) is 5.02 Å². The van der Waals surface area contributed by atoms with Gasteiger partial charge in [0.15, 0.2) is 0 Å². The molecule has 2 aromatic rings. The van der Waals surface area contributed by atoms with Crippen molar-refractivity contribution in [2.45, 2.75) is 36.5 Å². The van der Waals surface area contributed by atoms with Crippen molar-refractivity contribution in [3.8, 4) is 0 Å². The summed E-state index contributed by atoms with van der Waals surface area (Å²) in [6, 6.07) is 7.42. The molecule has 12 heteroatoms. The molecule has 0 saturated carbocycles. The van der Waals surface area contributed by atoms with Crippen molar-refractivity contribution in [3.63, 3.8) is 0 Å². The number of carbonyl (C=O) groups is 2. The molecule has 3 N–H and O–H groups in total. The van der Waals surface area contributed by atoms with Crippen molar-refractivity contribution < 1.29 is 31.4 Å². The van der Waals surface area contributed by atoms with Crippen LogP contribution < -0.4 is 16.0 Å². The fourth-order valence-electron chi connectivity index (χ4n) is 3.28. The van der Waals surface area contributed by atoms with Gasteiger partial charge in [0.1, 0.15) is 5.82 Å². The lowest BCUT2D eigenvalue weighted by atomic mass is 10.1. The van der Waals surface area contributed by atoms with Crippen LogP contribution in [0.15, 0.2) is 41.3 Å². The standard InChI is InChI=1S/C21H20ClF4N3O3S/c22-13-4-2-12(3-5-13)10-29-17-8-14(19(30)28-7-1-6-21(24,25)26)15(23)9-18(17)33(32)11-16(27)20(29)31/h2-5,8-9,16H,1,6-7,10-11,27H2,(H,28,30)/t16-,33?/m0/s1. The van der Waals surface area contributed by atoms with E-state index in [0.29, 0.717) is 10.6 Å². The Morgan fingerprint density at radius 2 is 1.91 bits per heavy atom. The summed E-state index contributed by atoms with van der Waals surface area (Å²) in [7, 11) is -1.82. The molecule has 1 aliphatic heterocycles. The summed E-state index contributed by atoms with van der Waals surface area (Å²) in [6.07, 6.45) is -5.84. The highest BCUT2D eigenvalue weighted by atomic mass is 35.5. The zero-order valence-electron chi connectivity index (χ0n) is 17.1. The summed E-state index contributed by atoms with van der Waals surface area (Å²) in [4.78, 5) is 26.6. The Balaban J connectivity index is 1.93. The molecule has 1 aliphatic rings. The van der Waals surface area contributed by atoms with Crippen LogP contribution in [0.5, 0.6) is 0 Å². The third-order valence-corrected chi connectivity index (χ3v) is 6.65. The molecule has 0 bridgehead atoms. The highest BCUT2D eigenvalue weighted by Gasteiger charge is 2.33. The van der Waals surface area contributed by atoms with E-state index in [9.17, 15) is 31.4 Å². The monoisotopic (exact) mass is 505 g/mol. The van der Waals surface area contributed by atoms with Crippen LogP contribution in [0, 0.1) is 5.82 Å². The third-order valence-electron chi connectivity index (χ3n) is 4.92. The van der Waals surface area contributed by atoms with E-state index < -0.39 is 52.6 Å². The maximum atomic E-state index is 14.7. The average Bonchev–Trinajstić information content (AvgIpc) is 2.82. The highest BCUT2D eigenvalue weighted by molar-refractivity contribution is 7.85. The number of amides is 2. The Morgan fingerprint density at radius 3 is 2.55 bits per heavy atom. The van der Waals surface area contributed by atoms with Crippen LogP contribution >= 0.6 is 11.6 Å². The van der Waals surface area contributed by atoms with Gasteiger partial charge < -0.3 is 16.0 Å². The minimum atomic E-state index is -4.37. The summed E-state index contributed by atoms with van der Waals surface area (Å²) < 4.78 is 64.3. The first kappa shape index (κ1) is 25.1. The molecule has 2 amide bonds. The second kappa shape index (κ2) is 10.2. The largest absolute Gasteiger partial charge is 0.389 e. The molecule has 2 atom stereocenters. The lowest BCUT2D eigenvalue weighted by molar-refractivity contribution is -0.135. The molecule has 0 saturated heterocycles. The Hall–Kier alpha value is -2.50. The molecule has 0 spiro atoms. The number of carbonyl (C=O) groups excluding carboxylic acids is 2. The lowest BCUT2D eigenvalue weighted by Gasteiger charge is -2.25. The number of nitrogens with one attached hydrogen (secondary N) is 1. The molecule has 1 heterocycles. The first-order chi connectivity index (χ1) is 15.5. The van der Waals surface area contributed by atoms with Gasteiger partial charge in [-0.2, -0.15) is 13.2 Å². The molecule has 1 unspecified atom stereocenters. The van der Waals surface area contributed by atoms with Crippen molar-refractivity contribution in [1.29, 1.82) is 0 Å². The number of hydrogen-bond acceptors (Lipinski definition) is 4. The quantitative estimate of drug-likeness (QED) is 0.464. The third kappa shape index (κ3) is 6.30. The van der Waals surface area contributed by atoms with E-state index in [0.717, 1.165) is 12.1 Å². The van der Waals surface area contributed by atoms with Gasteiger partial charge in [0.25, 0.3) is 5.91 Å². The minimum Gasteiger partial charge on any atom is -0.352 e. The normalized spacial score (nSPS) is 18.6. The molecule has 0 radical (unpaired) electrons. The Kier molecular flexibility index (Phi) is 7.76. The molecule has 0 aliphatic carbocycles. The first-order valence-electron chi connectivity index (χ1n) is 9.84. The molecule has 33 heavy (non-hydrogen) atoms. The Labute approximate surface area is 194 Å². The van der Waals surface area contributed by atoms with Crippen LogP contribution in [-0.4, -0.2) is 40.5 Å². The number of halogens is 5. The molecule has 2 aromatic carbocycles. The number of anilines is 1. The molecular formula is C21H20ClF4N3O3S. The molecule has 6 nitrogen and oxygen atoms in total. The van der Waals surface area contributed by atoms with Gasteiger partial charge in [-0.1, -0.05) is 23.7 Å². The average molecular weight is 506 g/mol. The van der Waals surface area contributed by atoms with Crippen LogP contribution in [-0.2, 0) is 22.1 Å². The number of alkyl halides is 3. The Bertz CT molecular complexity index is 1080. The van der Waals surface area contributed by atoms with Gasteiger partial charge in [-0.3, -0.25) is 13.8 Å². The van der Waals surface area contributed by atoms with Crippen LogP contribution in [0.25, 0.3) is 0 Å². The zero-order chi connectivity index (χ0) is 24.3. The second-order valence-electron chi connectivity index (χ2n) is 7.44. The summed E-state index contributed by atoms with van der Waals surface area (Å²) in [5.74, 6) is -2.76. The van der Waals surface area contributed by atoms with Gasteiger partial charge >= 0.3 is 6.18 Å². The lowest BCUT2D eigenvalue weighted by Crippen LogP contribution is -2.44. The molecule has 3 rings (SSSR count). The van der Waals surface area contributed by atoms with Crippen LogP contribution in [0.3, 0.4) is 0 Å². The van der Waals surface area contributed by atoms with E-state index in [1.807, 2.05) is 0 Å². The van der Waals surface area contributed by atoms with E-state index in [1.165, 1.54) is 4.90 Å². The number of nitrogens with two attached hydrogens (primary N) is 1. The highest BCUT2D eigenvalue weighted by Crippen LogP contribution is 2.32. The van der Waals surface area contributed by atoms with Crippen molar-refractivity contribution in [1.82, 2.24) is 5.32 Å². The van der Waals surface area contributed by atoms with Gasteiger partial charge in [-0.05, 0) is 36.2 Å². The van der Waals surface area contributed by atoms with Gasteiger partial charge in [-0.15, -0.1) is 0 Å². The zero-order valence-corrected chi connectivity index (χ0v) is 18.7. The summed E-state index contributed by atoms with van der Waals surface area (Å²) in [6.45, 7) is -0.328.